The predicted molar refractivity (Wildman–Crippen MR) is 156 cm³/mol. The van der Waals surface area contributed by atoms with E-state index in [0.29, 0.717) is 11.1 Å². The largest absolute Gasteiger partial charge is 0.339 e. The zero-order valence-electron chi connectivity index (χ0n) is 22.5. The van der Waals surface area contributed by atoms with Gasteiger partial charge in [-0.25, -0.2) is 8.78 Å². The standard InChI is InChI=1S/C34H32F2N2O2/c1-24-14-17-27(18-15-24)28-11-7-12-29(21-28)33(40)38-31(19-16-25-8-4-3-5-9-25)32(39)23-37-22-26-10-6-13-30(20-26)34(2,35)36/h3-21,31,37H,22-23H2,1-2H3,(H,38,40)/b19-16-. The summed E-state index contributed by atoms with van der Waals surface area (Å²) in [6, 6.07) is 30.0. The molecule has 0 bridgehead atoms. The van der Waals surface area contributed by atoms with E-state index in [1.807, 2.05) is 73.7 Å². The van der Waals surface area contributed by atoms with E-state index in [0.717, 1.165) is 29.2 Å². The third kappa shape index (κ3) is 8.04. The van der Waals surface area contributed by atoms with Crippen LogP contribution in [0.4, 0.5) is 8.78 Å². The normalized spacial score (nSPS) is 12.3. The lowest BCUT2D eigenvalue weighted by Crippen LogP contribution is -2.43. The van der Waals surface area contributed by atoms with Crippen LogP contribution in [0.2, 0.25) is 0 Å². The summed E-state index contributed by atoms with van der Waals surface area (Å²) >= 11 is 0. The quantitative estimate of drug-likeness (QED) is 0.217. The molecule has 0 heterocycles. The number of hydrogen-bond acceptors (Lipinski definition) is 3. The van der Waals surface area contributed by atoms with Crippen molar-refractivity contribution in [3.8, 4) is 11.1 Å². The van der Waals surface area contributed by atoms with Crippen molar-refractivity contribution >= 4 is 17.8 Å². The zero-order valence-corrected chi connectivity index (χ0v) is 22.5. The minimum Gasteiger partial charge on any atom is -0.339 e. The van der Waals surface area contributed by atoms with Crippen LogP contribution in [0.15, 0.2) is 109 Å². The van der Waals surface area contributed by atoms with Gasteiger partial charge in [0, 0.05) is 24.6 Å². The van der Waals surface area contributed by atoms with Crippen molar-refractivity contribution in [2.24, 2.45) is 0 Å². The Morgan fingerprint density at radius 1 is 0.850 bits per heavy atom. The minimum absolute atomic E-state index is 0.0553. The molecule has 0 saturated heterocycles. The number of nitrogens with one attached hydrogen (secondary N) is 2. The van der Waals surface area contributed by atoms with Gasteiger partial charge in [0.15, 0.2) is 5.78 Å². The average molecular weight is 539 g/mol. The van der Waals surface area contributed by atoms with E-state index in [2.05, 4.69) is 10.6 Å². The highest BCUT2D eigenvalue weighted by Gasteiger charge is 2.24. The molecular weight excluding hydrogens is 506 g/mol. The minimum atomic E-state index is -2.94. The summed E-state index contributed by atoms with van der Waals surface area (Å²) in [7, 11) is 0. The average Bonchev–Trinajstić information content (AvgIpc) is 2.96. The van der Waals surface area contributed by atoms with E-state index in [1.165, 1.54) is 12.1 Å². The van der Waals surface area contributed by atoms with Crippen LogP contribution in [0.25, 0.3) is 17.2 Å². The Morgan fingerprint density at radius 3 is 2.30 bits per heavy atom. The fourth-order valence-corrected chi connectivity index (χ4v) is 4.21. The molecule has 0 aliphatic carbocycles. The van der Waals surface area contributed by atoms with Crippen molar-refractivity contribution in [1.29, 1.82) is 0 Å². The number of hydrogen-bond donors (Lipinski definition) is 2. The summed E-state index contributed by atoms with van der Waals surface area (Å²) in [5.41, 5.74) is 4.93. The van der Waals surface area contributed by atoms with E-state index >= 15 is 0 Å². The van der Waals surface area contributed by atoms with Crippen LogP contribution in [0.5, 0.6) is 0 Å². The van der Waals surface area contributed by atoms with Gasteiger partial charge in [-0.05, 0) is 47.4 Å². The molecule has 4 aromatic rings. The van der Waals surface area contributed by atoms with Gasteiger partial charge in [0.05, 0.1) is 6.54 Å². The number of carbonyl (C=O) groups excluding carboxylic acids is 2. The molecule has 0 radical (unpaired) electrons. The molecule has 4 aromatic carbocycles. The van der Waals surface area contributed by atoms with Gasteiger partial charge in [0.1, 0.15) is 6.04 Å². The second kappa shape index (κ2) is 13.1. The summed E-state index contributed by atoms with van der Waals surface area (Å²) in [6.45, 7) is 3.05. The van der Waals surface area contributed by atoms with Crippen molar-refractivity contribution in [3.63, 3.8) is 0 Å². The molecule has 1 unspecified atom stereocenters. The Labute approximate surface area is 233 Å². The molecule has 0 saturated carbocycles. The van der Waals surface area contributed by atoms with Crippen LogP contribution in [-0.4, -0.2) is 24.3 Å². The molecule has 4 nitrogen and oxygen atoms in total. The van der Waals surface area contributed by atoms with E-state index < -0.39 is 12.0 Å². The molecule has 204 valence electrons. The van der Waals surface area contributed by atoms with Crippen molar-refractivity contribution in [3.05, 3.63) is 137 Å². The van der Waals surface area contributed by atoms with Crippen molar-refractivity contribution in [2.45, 2.75) is 32.4 Å². The molecule has 0 aliphatic rings. The van der Waals surface area contributed by atoms with Crippen LogP contribution in [0.3, 0.4) is 0 Å². The molecule has 4 rings (SSSR count). The van der Waals surface area contributed by atoms with Gasteiger partial charge >= 0.3 is 0 Å². The maximum atomic E-state index is 13.7. The molecule has 6 heteroatoms. The smallest absolute Gasteiger partial charge is 0.270 e. The Morgan fingerprint density at radius 2 is 1.57 bits per heavy atom. The summed E-state index contributed by atoms with van der Waals surface area (Å²) in [5, 5.41) is 5.88. The lowest BCUT2D eigenvalue weighted by atomic mass is 10.0. The first-order valence-corrected chi connectivity index (χ1v) is 13.1. The van der Waals surface area contributed by atoms with E-state index in [-0.39, 0.29) is 30.3 Å². The molecular formula is C34H32F2N2O2. The molecule has 1 atom stereocenters. The molecule has 0 fully saturated rings. The van der Waals surface area contributed by atoms with Crippen molar-refractivity contribution in [1.82, 2.24) is 10.6 Å². The number of Topliss-reactive ketones (excluding diaryl/α,β-unsaturated/α-hetero) is 1. The van der Waals surface area contributed by atoms with Gasteiger partial charge in [0.25, 0.3) is 11.8 Å². The van der Waals surface area contributed by atoms with Crippen LogP contribution in [-0.2, 0) is 17.3 Å². The zero-order chi connectivity index (χ0) is 28.5. The molecule has 1 amide bonds. The van der Waals surface area contributed by atoms with Crippen molar-refractivity contribution < 1.29 is 18.4 Å². The third-order valence-electron chi connectivity index (χ3n) is 6.49. The highest BCUT2D eigenvalue weighted by Crippen LogP contribution is 2.27. The second-order valence-corrected chi connectivity index (χ2v) is 9.83. The molecule has 0 aromatic heterocycles. The van der Waals surface area contributed by atoms with Crippen molar-refractivity contribution in [2.75, 3.05) is 6.54 Å². The summed E-state index contributed by atoms with van der Waals surface area (Å²) in [4.78, 5) is 26.5. The molecule has 40 heavy (non-hydrogen) atoms. The number of alkyl halides is 2. The number of rotatable bonds is 11. The lowest BCUT2D eigenvalue weighted by Gasteiger charge is -2.16. The Bertz CT molecular complexity index is 1480. The Balaban J connectivity index is 1.47. The number of benzene rings is 4. The maximum absolute atomic E-state index is 13.7. The number of carbonyl (C=O) groups is 2. The fraction of sp³-hybridized carbons (Fsp3) is 0.176. The van der Waals surface area contributed by atoms with E-state index in [9.17, 15) is 18.4 Å². The molecule has 2 N–H and O–H groups in total. The molecule has 0 spiro atoms. The fourth-order valence-electron chi connectivity index (χ4n) is 4.21. The number of aryl methyl sites for hydroxylation is 1. The van der Waals surface area contributed by atoms with Crippen LogP contribution < -0.4 is 10.6 Å². The first-order valence-electron chi connectivity index (χ1n) is 13.1. The first kappa shape index (κ1) is 28.6. The van der Waals surface area contributed by atoms with E-state index in [4.69, 9.17) is 0 Å². The Hall–Kier alpha value is -4.42. The first-order chi connectivity index (χ1) is 19.2. The summed E-state index contributed by atoms with van der Waals surface area (Å²) in [5.74, 6) is -3.57. The lowest BCUT2D eigenvalue weighted by molar-refractivity contribution is -0.119. The monoisotopic (exact) mass is 538 g/mol. The van der Waals surface area contributed by atoms with E-state index in [1.54, 1.807) is 36.4 Å². The highest BCUT2D eigenvalue weighted by atomic mass is 19.3. The van der Waals surface area contributed by atoms with Crippen LogP contribution >= 0.6 is 0 Å². The summed E-state index contributed by atoms with van der Waals surface area (Å²) in [6.07, 6.45) is 3.46. The molecule has 0 aliphatic heterocycles. The number of ketones is 1. The van der Waals surface area contributed by atoms with Gasteiger partial charge in [-0.15, -0.1) is 0 Å². The van der Waals surface area contributed by atoms with Gasteiger partial charge < -0.3 is 10.6 Å². The van der Waals surface area contributed by atoms with Gasteiger partial charge in [-0.2, -0.15) is 0 Å². The maximum Gasteiger partial charge on any atom is 0.270 e. The van der Waals surface area contributed by atoms with Gasteiger partial charge in [-0.3, -0.25) is 9.59 Å². The topological polar surface area (TPSA) is 58.2 Å². The third-order valence-corrected chi connectivity index (χ3v) is 6.49. The van der Waals surface area contributed by atoms with Crippen LogP contribution in [0, 0.1) is 6.92 Å². The highest BCUT2D eigenvalue weighted by molar-refractivity contribution is 6.00. The van der Waals surface area contributed by atoms with Gasteiger partial charge in [0.2, 0.25) is 0 Å². The predicted octanol–water partition coefficient (Wildman–Crippen LogP) is 6.94. The SMILES string of the molecule is Cc1ccc(-c2cccc(C(=O)NC(/C=C\c3ccccc3)C(=O)CNCc3cccc(C(C)(F)F)c3)c2)cc1. The Kier molecular flexibility index (Phi) is 9.35. The summed E-state index contributed by atoms with van der Waals surface area (Å²) < 4.78 is 27.4. The van der Waals surface area contributed by atoms with Crippen LogP contribution in [0.1, 0.15) is 39.5 Å². The van der Waals surface area contributed by atoms with Gasteiger partial charge in [-0.1, -0.05) is 103 Å². The second-order valence-electron chi connectivity index (χ2n) is 9.83. The number of halogens is 2. The number of amides is 1.